The first kappa shape index (κ1) is 12.8. The highest BCUT2D eigenvalue weighted by atomic mass is 127. The van der Waals surface area contributed by atoms with Gasteiger partial charge in [0.15, 0.2) is 5.82 Å². The van der Waals surface area contributed by atoms with E-state index in [1.165, 1.54) is 11.5 Å². The Morgan fingerprint density at radius 2 is 1.94 bits per heavy atom. The molecule has 90 valence electrons. The molecule has 0 aliphatic heterocycles. The minimum absolute atomic E-state index is 0.0397. The van der Waals surface area contributed by atoms with Crippen LogP contribution in [0.1, 0.15) is 26.6 Å². The molecule has 5 heteroatoms. The zero-order valence-corrected chi connectivity index (χ0v) is 12.9. The maximum atomic E-state index is 5.72. The molecule has 0 amide bonds. The van der Waals surface area contributed by atoms with Crippen LogP contribution >= 0.6 is 34.1 Å². The zero-order chi connectivity index (χ0) is 12.5. The van der Waals surface area contributed by atoms with E-state index in [0.717, 1.165) is 15.1 Å². The van der Waals surface area contributed by atoms with Crippen molar-refractivity contribution in [1.29, 1.82) is 0 Å². The van der Waals surface area contributed by atoms with Crippen molar-refractivity contribution >= 4 is 34.1 Å². The average Bonchev–Trinajstić information content (AvgIpc) is 2.69. The van der Waals surface area contributed by atoms with Crippen LogP contribution in [0.5, 0.6) is 10.9 Å². The molecule has 0 saturated carbocycles. The third-order valence-electron chi connectivity index (χ3n) is 2.11. The van der Waals surface area contributed by atoms with Crippen molar-refractivity contribution in [1.82, 2.24) is 9.36 Å². The first-order valence-electron chi connectivity index (χ1n) is 5.23. The summed E-state index contributed by atoms with van der Waals surface area (Å²) in [6.45, 7) is 6.27. The van der Waals surface area contributed by atoms with Crippen molar-refractivity contribution in [2.45, 2.75) is 26.2 Å². The Bertz CT molecular complexity index is 519. The molecule has 1 heterocycles. The number of hydrogen-bond donors (Lipinski definition) is 0. The lowest BCUT2D eigenvalue weighted by molar-refractivity contribution is 0.465. The molecule has 1 aromatic heterocycles. The second-order valence-electron chi connectivity index (χ2n) is 4.67. The molecule has 0 aliphatic carbocycles. The standard InChI is InChI=1S/C12H13IN2OS/c1-12(2,3)10-14-11(17-15-10)16-9-7-5-4-6-8(9)13/h4-7H,1-3H3. The van der Waals surface area contributed by atoms with Gasteiger partial charge in [-0.2, -0.15) is 9.36 Å². The Balaban J connectivity index is 2.21. The zero-order valence-electron chi connectivity index (χ0n) is 9.90. The Hall–Kier alpha value is -0.690. The SMILES string of the molecule is CC(C)(C)c1nsc(Oc2ccccc2I)n1. The molecule has 0 radical (unpaired) electrons. The molecule has 0 bridgehead atoms. The molecule has 0 spiro atoms. The monoisotopic (exact) mass is 360 g/mol. The Morgan fingerprint density at radius 3 is 2.53 bits per heavy atom. The molecule has 0 unspecified atom stereocenters. The maximum Gasteiger partial charge on any atom is 0.298 e. The van der Waals surface area contributed by atoms with Crippen molar-refractivity contribution in [3.05, 3.63) is 33.7 Å². The third-order valence-corrected chi connectivity index (χ3v) is 3.60. The fourth-order valence-electron chi connectivity index (χ4n) is 1.18. The van der Waals surface area contributed by atoms with Crippen LogP contribution in [0.3, 0.4) is 0 Å². The number of benzene rings is 1. The van der Waals surface area contributed by atoms with Gasteiger partial charge in [-0.15, -0.1) is 0 Å². The van der Waals surface area contributed by atoms with Crippen molar-refractivity contribution in [2.75, 3.05) is 0 Å². The van der Waals surface area contributed by atoms with Crippen LogP contribution in [-0.4, -0.2) is 9.36 Å². The molecule has 2 rings (SSSR count). The van der Waals surface area contributed by atoms with Crippen LogP contribution < -0.4 is 4.74 Å². The van der Waals surface area contributed by atoms with Gasteiger partial charge in [0.05, 0.1) is 3.57 Å². The third kappa shape index (κ3) is 3.16. The van der Waals surface area contributed by atoms with E-state index in [9.17, 15) is 0 Å². The summed E-state index contributed by atoms with van der Waals surface area (Å²) in [6.07, 6.45) is 0. The smallest absolute Gasteiger partial charge is 0.298 e. The van der Waals surface area contributed by atoms with Gasteiger partial charge >= 0.3 is 0 Å². The number of para-hydroxylation sites is 1. The van der Waals surface area contributed by atoms with Crippen LogP contribution in [0.2, 0.25) is 0 Å². The summed E-state index contributed by atoms with van der Waals surface area (Å²) in [5.74, 6) is 1.65. The highest BCUT2D eigenvalue weighted by Crippen LogP contribution is 2.30. The van der Waals surface area contributed by atoms with Crippen molar-refractivity contribution in [3.63, 3.8) is 0 Å². The number of halogens is 1. The molecular weight excluding hydrogens is 347 g/mol. The molecule has 17 heavy (non-hydrogen) atoms. The molecule has 0 atom stereocenters. The Kier molecular flexibility index (Phi) is 3.67. The van der Waals surface area contributed by atoms with Gasteiger partial charge in [-0.25, -0.2) is 0 Å². The van der Waals surface area contributed by atoms with Crippen LogP contribution in [0.15, 0.2) is 24.3 Å². The van der Waals surface area contributed by atoms with Gasteiger partial charge in [0.2, 0.25) is 0 Å². The van der Waals surface area contributed by atoms with E-state index >= 15 is 0 Å². The molecular formula is C12H13IN2OS. The van der Waals surface area contributed by atoms with Gasteiger partial charge in [-0.1, -0.05) is 32.9 Å². The van der Waals surface area contributed by atoms with Crippen LogP contribution in [0, 0.1) is 3.57 Å². The van der Waals surface area contributed by atoms with Gasteiger partial charge in [-0.05, 0) is 34.7 Å². The fourth-order valence-corrected chi connectivity index (χ4v) is 2.41. The molecule has 0 N–H and O–H groups in total. The maximum absolute atomic E-state index is 5.72. The summed E-state index contributed by atoms with van der Waals surface area (Å²) in [7, 11) is 0. The normalized spacial score (nSPS) is 11.5. The van der Waals surface area contributed by atoms with Gasteiger partial charge < -0.3 is 4.74 Å². The number of ether oxygens (including phenoxy) is 1. The van der Waals surface area contributed by atoms with Gasteiger partial charge in [-0.3, -0.25) is 0 Å². The summed E-state index contributed by atoms with van der Waals surface area (Å²) in [4.78, 5) is 4.40. The topological polar surface area (TPSA) is 35.0 Å². The quantitative estimate of drug-likeness (QED) is 0.752. The predicted octanol–water partition coefficient (Wildman–Crippen LogP) is 4.23. The van der Waals surface area contributed by atoms with E-state index in [-0.39, 0.29) is 5.41 Å². The summed E-state index contributed by atoms with van der Waals surface area (Å²) in [5.41, 5.74) is -0.0397. The number of aromatic nitrogens is 2. The van der Waals surface area contributed by atoms with Crippen molar-refractivity contribution in [2.24, 2.45) is 0 Å². The van der Waals surface area contributed by atoms with E-state index in [2.05, 4.69) is 52.7 Å². The first-order chi connectivity index (χ1) is 7.97. The van der Waals surface area contributed by atoms with Crippen LogP contribution in [0.4, 0.5) is 0 Å². The van der Waals surface area contributed by atoms with E-state index < -0.39 is 0 Å². The Morgan fingerprint density at radius 1 is 1.24 bits per heavy atom. The van der Waals surface area contributed by atoms with Crippen molar-refractivity contribution < 1.29 is 4.74 Å². The lowest BCUT2D eigenvalue weighted by Gasteiger charge is -2.12. The summed E-state index contributed by atoms with van der Waals surface area (Å²) < 4.78 is 11.1. The molecule has 0 saturated heterocycles. The highest BCUT2D eigenvalue weighted by Gasteiger charge is 2.20. The number of rotatable bonds is 2. The van der Waals surface area contributed by atoms with E-state index in [0.29, 0.717) is 5.19 Å². The van der Waals surface area contributed by atoms with E-state index in [4.69, 9.17) is 4.74 Å². The molecule has 0 aliphatic rings. The lowest BCUT2D eigenvalue weighted by atomic mass is 9.96. The average molecular weight is 360 g/mol. The van der Waals surface area contributed by atoms with Crippen molar-refractivity contribution in [3.8, 4) is 10.9 Å². The predicted molar refractivity (Wildman–Crippen MR) is 77.8 cm³/mol. The fraction of sp³-hybridized carbons (Fsp3) is 0.333. The number of nitrogens with zero attached hydrogens (tertiary/aromatic N) is 2. The van der Waals surface area contributed by atoms with Crippen LogP contribution in [-0.2, 0) is 5.41 Å². The van der Waals surface area contributed by atoms with E-state index in [1.54, 1.807) is 0 Å². The largest absolute Gasteiger partial charge is 0.429 e. The summed E-state index contributed by atoms with van der Waals surface area (Å²) in [5, 5.41) is 0.596. The van der Waals surface area contributed by atoms with Gasteiger partial charge in [0.1, 0.15) is 5.75 Å². The second-order valence-corrected chi connectivity index (χ2v) is 6.54. The summed E-state index contributed by atoms with van der Waals surface area (Å²) in [6, 6.07) is 7.86. The first-order valence-corrected chi connectivity index (χ1v) is 7.08. The minimum atomic E-state index is -0.0397. The highest BCUT2D eigenvalue weighted by molar-refractivity contribution is 14.1. The number of hydrogen-bond acceptors (Lipinski definition) is 4. The van der Waals surface area contributed by atoms with Gasteiger partial charge in [0.25, 0.3) is 5.19 Å². The van der Waals surface area contributed by atoms with Gasteiger partial charge in [0, 0.05) is 16.9 Å². The Labute approximate surface area is 119 Å². The van der Waals surface area contributed by atoms with Crippen LogP contribution in [0.25, 0.3) is 0 Å². The van der Waals surface area contributed by atoms with E-state index in [1.807, 2.05) is 24.3 Å². The second kappa shape index (κ2) is 4.89. The molecule has 0 fully saturated rings. The summed E-state index contributed by atoms with van der Waals surface area (Å²) >= 11 is 3.53. The lowest BCUT2D eigenvalue weighted by Crippen LogP contribution is -2.12. The minimum Gasteiger partial charge on any atom is -0.429 e. The molecule has 1 aromatic carbocycles. The molecule has 2 aromatic rings. The molecule has 3 nitrogen and oxygen atoms in total.